The third-order valence-electron chi connectivity index (χ3n) is 9.66. The first-order valence-electron chi connectivity index (χ1n) is 15.8. The van der Waals surface area contributed by atoms with Crippen molar-refractivity contribution in [3.05, 3.63) is 90.5 Å². The van der Waals surface area contributed by atoms with E-state index in [1.807, 2.05) is 56.3 Å². The molecular weight excluding hydrogens is 606 g/mol. The van der Waals surface area contributed by atoms with Crippen LogP contribution in [0.3, 0.4) is 0 Å². The summed E-state index contributed by atoms with van der Waals surface area (Å²) < 4.78 is -1.36. The van der Waals surface area contributed by atoms with Crippen molar-refractivity contribution in [2.45, 2.75) is 68.2 Å². The van der Waals surface area contributed by atoms with E-state index in [0.717, 1.165) is 5.56 Å². The Morgan fingerprint density at radius 3 is 2.36 bits per heavy atom. The van der Waals surface area contributed by atoms with Gasteiger partial charge in [-0.2, -0.15) is 0 Å². The van der Waals surface area contributed by atoms with Crippen molar-refractivity contribution in [2.75, 3.05) is 24.6 Å². The minimum atomic E-state index is -0.881. The molecule has 0 aromatic heterocycles. The van der Waals surface area contributed by atoms with Gasteiger partial charge in [0.15, 0.2) is 0 Å². The number of fused-ring (bicyclic) bond motifs is 1. The molecule has 45 heavy (non-hydrogen) atoms. The molecule has 240 valence electrons. The highest BCUT2D eigenvalue weighted by Gasteiger charge is 2.78. The van der Waals surface area contributed by atoms with Gasteiger partial charge in [-0.3, -0.25) is 14.4 Å². The predicted molar refractivity (Wildman–Crippen MR) is 182 cm³/mol. The molecule has 3 heterocycles. The number of anilines is 1. The molecule has 6 atom stereocenters. The predicted octanol–water partition coefficient (Wildman–Crippen LogP) is 5.96. The van der Waals surface area contributed by atoms with Crippen LogP contribution >= 0.6 is 23.4 Å². The quantitative estimate of drug-likeness (QED) is 0.271. The number of hydrogen-bond acceptors (Lipinski definition) is 5. The number of carbonyl (C=O) groups is 3. The SMILES string of the molecule is C=CCN(Cc1ccccc1)C(=O)[C@H]1[C@H]2C(=O)N([C@@H](CO)CC(C)C)C(C(=O)N(CC=C)c3ccccc3Cl)C23CC[C@]1(C)S3. The van der Waals surface area contributed by atoms with Crippen molar-refractivity contribution < 1.29 is 19.5 Å². The number of carbonyl (C=O) groups excluding carboxylic acids is 3. The molecule has 3 amide bonds. The van der Waals surface area contributed by atoms with Gasteiger partial charge in [0.25, 0.3) is 5.91 Å². The van der Waals surface area contributed by atoms with Gasteiger partial charge in [-0.15, -0.1) is 24.9 Å². The lowest BCUT2D eigenvalue weighted by Crippen LogP contribution is -2.58. The molecule has 9 heteroatoms. The Hall–Kier alpha value is -3.07. The Kier molecular flexibility index (Phi) is 9.87. The average Bonchev–Trinajstić information content (AvgIpc) is 3.59. The van der Waals surface area contributed by atoms with Crippen LogP contribution in [0.4, 0.5) is 5.69 Å². The number of halogens is 1. The third-order valence-corrected chi connectivity index (χ3v) is 12.0. The lowest BCUT2D eigenvalue weighted by molar-refractivity contribution is -0.147. The number of hydrogen-bond donors (Lipinski definition) is 1. The van der Waals surface area contributed by atoms with E-state index in [1.54, 1.807) is 50.7 Å². The van der Waals surface area contributed by atoms with Gasteiger partial charge in [0, 0.05) is 24.4 Å². The highest BCUT2D eigenvalue weighted by atomic mass is 35.5. The molecule has 0 aliphatic carbocycles. The number of aliphatic hydroxyl groups excluding tert-OH is 1. The molecule has 5 rings (SSSR count). The summed E-state index contributed by atoms with van der Waals surface area (Å²) in [4.78, 5) is 49.5. The largest absolute Gasteiger partial charge is 0.394 e. The fourth-order valence-corrected chi connectivity index (χ4v) is 10.4. The fourth-order valence-electron chi connectivity index (χ4n) is 7.88. The van der Waals surface area contributed by atoms with Gasteiger partial charge in [-0.05, 0) is 49.8 Å². The van der Waals surface area contributed by atoms with Crippen LogP contribution in [0.25, 0.3) is 0 Å². The molecule has 3 aliphatic rings. The van der Waals surface area contributed by atoms with Gasteiger partial charge in [0.05, 0.1) is 39.9 Å². The Morgan fingerprint density at radius 2 is 1.73 bits per heavy atom. The summed E-state index contributed by atoms with van der Waals surface area (Å²) >= 11 is 8.25. The van der Waals surface area contributed by atoms with Crippen molar-refractivity contribution in [1.29, 1.82) is 0 Å². The first-order chi connectivity index (χ1) is 21.5. The molecule has 1 N–H and O–H groups in total. The smallest absolute Gasteiger partial charge is 0.251 e. The van der Waals surface area contributed by atoms with Crippen LogP contribution in [0.2, 0.25) is 5.02 Å². The summed E-state index contributed by atoms with van der Waals surface area (Å²) in [5, 5.41) is 11.1. The zero-order valence-electron chi connectivity index (χ0n) is 26.4. The second-order valence-electron chi connectivity index (χ2n) is 13.1. The summed E-state index contributed by atoms with van der Waals surface area (Å²) in [5.74, 6) is -1.75. The van der Waals surface area contributed by atoms with E-state index < -0.39 is 33.4 Å². The van der Waals surface area contributed by atoms with Gasteiger partial charge in [0.1, 0.15) is 6.04 Å². The maximum atomic E-state index is 15.0. The van der Waals surface area contributed by atoms with E-state index in [2.05, 4.69) is 20.1 Å². The molecule has 2 aromatic rings. The highest BCUT2D eigenvalue weighted by molar-refractivity contribution is 8.02. The number of para-hydroxylation sites is 1. The molecule has 2 aromatic carbocycles. The van der Waals surface area contributed by atoms with Gasteiger partial charge >= 0.3 is 0 Å². The molecule has 0 radical (unpaired) electrons. The number of nitrogens with zero attached hydrogens (tertiary/aromatic N) is 3. The molecule has 3 fully saturated rings. The number of aliphatic hydroxyl groups is 1. The minimum absolute atomic E-state index is 0.0970. The van der Waals surface area contributed by atoms with Crippen molar-refractivity contribution in [1.82, 2.24) is 9.80 Å². The first kappa shape index (κ1) is 33.3. The van der Waals surface area contributed by atoms with Crippen LogP contribution < -0.4 is 4.90 Å². The fraction of sp³-hybridized carbons (Fsp3) is 0.472. The Morgan fingerprint density at radius 1 is 1.07 bits per heavy atom. The summed E-state index contributed by atoms with van der Waals surface area (Å²) in [7, 11) is 0. The van der Waals surface area contributed by atoms with E-state index in [0.29, 0.717) is 43.1 Å². The van der Waals surface area contributed by atoms with E-state index in [4.69, 9.17) is 11.6 Å². The second-order valence-corrected chi connectivity index (χ2v) is 15.4. The molecular formula is C36H44ClN3O4S. The lowest BCUT2D eigenvalue weighted by atomic mass is 9.66. The number of amides is 3. The van der Waals surface area contributed by atoms with E-state index in [9.17, 15) is 19.5 Å². The van der Waals surface area contributed by atoms with Crippen LogP contribution in [-0.4, -0.2) is 73.9 Å². The highest BCUT2D eigenvalue weighted by Crippen LogP contribution is 2.72. The number of thioether (sulfide) groups is 1. The maximum Gasteiger partial charge on any atom is 0.251 e. The van der Waals surface area contributed by atoms with Crippen molar-refractivity contribution in [2.24, 2.45) is 17.8 Å². The van der Waals surface area contributed by atoms with E-state index in [-0.39, 0.29) is 36.8 Å². The Bertz CT molecular complexity index is 1450. The molecule has 0 saturated carbocycles. The number of benzene rings is 2. The molecule has 3 saturated heterocycles. The topological polar surface area (TPSA) is 81.2 Å². The normalized spacial score (nSPS) is 27.4. The van der Waals surface area contributed by atoms with Crippen LogP contribution in [0, 0.1) is 17.8 Å². The zero-order chi connectivity index (χ0) is 32.5. The van der Waals surface area contributed by atoms with Crippen molar-refractivity contribution >= 4 is 46.8 Å². The molecule has 3 aliphatic heterocycles. The molecule has 2 unspecified atom stereocenters. The van der Waals surface area contributed by atoms with Crippen LogP contribution in [0.1, 0.15) is 45.6 Å². The number of rotatable bonds is 13. The third kappa shape index (κ3) is 5.85. The minimum Gasteiger partial charge on any atom is -0.394 e. The lowest BCUT2D eigenvalue weighted by Gasteiger charge is -2.40. The van der Waals surface area contributed by atoms with Gasteiger partial charge < -0.3 is 19.8 Å². The first-order valence-corrected chi connectivity index (χ1v) is 17.0. The van der Waals surface area contributed by atoms with E-state index in [1.165, 1.54) is 0 Å². The number of likely N-dealkylation sites (tertiary alicyclic amines) is 1. The summed E-state index contributed by atoms with van der Waals surface area (Å²) in [6, 6.07) is 15.5. The van der Waals surface area contributed by atoms with Crippen molar-refractivity contribution in [3.63, 3.8) is 0 Å². The monoisotopic (exact) mass is 649 g/mol. The summed E-state index contributed by atoms with van der Waals surface area (Å²) in [6.45, 7) is 14.6. The summed E-state index contributed by atoms with van der Waals surface area (Å²) in [6.07, 6.45) is 5.21. The van der Waals surface area contributed by atoms with Crippen molar-refractivity contribution in [3.8, 4) is 0 Å². The van der Waals surface area contributed by atoms with Gasteiger partial charge in [0.2, 0.25) is 11.8 Å². The van der Waals surface area contributed by atoms with E-state index >= 15 is 0 Å². The average molecular weight is 650 g/mol. The Balaban J connectivity index is 1.61. The molecule has 1 spiro atoms. The van der Waals surface area contributed by atoms with Crippen LogP contribution in [0.5, 0.6) is 0 Å². The standard InChI is InChI=1S/C36H44ClN3O4S/c1-6-19-38(22-25-13-9-8-10-14-25)32(42)29-30-33(43)40(26(23-41)21-24(3)4)31(36(30)18-17-35(29,5)45-36)34(44)39(20-7-2)28-16-12-11-15-27(28)37/h6-16,24,26,29-31,41H,1-2,17-23H2,3-5H3/t26-,29-,30+,31?,35+,36?/m1/s1. The second kappa shape index (κ2) is 13.3. The zero-order valence-corrected chi connectivity index (χ0v) is 28.0. The van der Waals surface area contributed by atoms with Gasteiger partial charge in [-0.1, -0.05) is 80.1 Å². The summed E-state index contributed by atoms with van der Waals surface area (Å²) in [5.41, 5.74) is 1.53. The molecule has 7 nitrogen and oxygen atoms in total. The molecule has 2 bridgehead atoms. The maximum absolute atomic E-state index is 15.0. The van der Waals surface area contributed by atoms with Gasteiger partial charge in [-0.25, -0.2) is 0 Å². The Labute approximate surface area is 276 Å². The van der Waals surface area contributed by atoms with Crippen LogP contribution in [0.15, 0.2) is 79.9 Å². The van der Waals surface area contributed by atoms with Crippen LogP contribution in [-0.2, 0) is 20.9 Å².